The first-order valence-electron chi connectivity index (χ1n) is 20.0. The lowest BCUT2D eigenvalue weighted by molar-refractivity contribution is 0.673. The minimum absolute atomic E-state index is 0.387. The van der Waals surface area contributed by atoms with Crippen molar-refractivity contribution in [2.24, 2.45) is 0 Å². The summed E-state index contributed by atoms with van der Waals surface area (Å²) in [6.07, 6.45) is 0. The second-order valence-corrected chi connectivity index (χ2v) is 15.7. The van der Waals surface area contributed by atoms with Crippen LogP contribution in [0.25, 0.3) is 99.4 Å². The molecule has 0 aliphatic heterocycles. The van der Waals surface area contributed by atoms with Crippen LogP contribution in [0.1, 0.15) is 22.3 Å². The van der Waals surface area contributed by atoms with Gasteiger partial charge in [0.2, 0.25) is 0 Å². The van der Waals surface area contributed by atoms with Crippen LogP contribution in [0.15, 0.2) is 205 Å². The van der Waals surface area contributed by atoms with E-state index in [0.29, 0.717) is 0 Å². The van der Waals surface area contributed by atoms with Crippen LogP contribution in [-0.4, -0.2) is 4.98 Å². The van der Waals surface area contributed by atoms with E-state index in [1.807, 2.05) is 6.07 Å². The van der Waals surface area contributed by atoms with Gasteiger partial charge in [0, 0.05) is 32.5 Å². The molecule has 9 aromatic carbocycles. The van der Waals surface area contributed by atoms with Crippen molar-refractivity contribution in [1.82, 2.24) is 4.98 Å². The summed E-state index contributed by atoms with van der Waals surface area (Å²) in [4.78, 5) is 5.16. The second-order valence-electron chi connectivity index (χ2n) is 15.7. The minimum Gasteiger partial charge on any atom is -0.455 e. The molecular formula is C56H33NO. The molecule has 0 bridgehead atoms. The number of hydrogen-bond acceptors (Lipinski definition) is 2. The van der Waals surface area contributed by atoms with Gasteiger partial charge in [-0.15, -0.1) is 0 Å². The predicted molar refractivity (Wildman–Crippen MR) is 239 cm³/mol. The van der Waals surface area contributed by atoms with Gasteiger partial charge in [0.1, 0.15) is 11.2 Å². The predicted octanol–water partition coefficient (Wildman–Crippen LogP) is 14.6. The molecule has 0 saturated heterocycles. The van der Waals surface area contributed by atoms with E-state index in [1.54, 1.807) is 0 Å². The highest BCUT2D eigenvalue weighted by atomic mass is 16.3. The Kier molecular flexibility index (Phi) is 6.40. The third-order valence-corrected chi connectivity index (χ3v) is 12.9. The van der Waals surface area contributed by atoms with E-state index in [0.717, 1.165) is 60.4 Å². The fourth-order valence-corrected chi connectivity index (χ4v) is 10.5. The van der Waals surface area contributed by atoms with Gasteiger partial charge in [0.25, 0.3) is 0 Å². The first-order chi connectivity index (χ1) is 28.8. The molecule has 268 valence electrons. The highest BCUT2D eigenvalue weighted by molar-refractivity contribution is 6.25. The van der Waals surface area contributed by atoms with E-state index >= 15 is 0 Å². The van der Waals surface area contributed by atoms with Crippen molar-refractivity contribution < 1.29 is 4.42 Å². The SMILES string of the molecule is c1ccc(-c2nc3ccccc3c3c2ccc2c4cc(-c5ccccc5-c5ccc6c(c5)C5(c7ccccc7-c7ccccc75)c5ccccc5-6)ccc4oc23)cc1. The Morgan fingerprint density at radius 1 is 0.345 bits per heavy atom. The number of para-hydroxylation sites is 1. The Morgan fingerprint density at radius 2 is 0.879 bits per heavy atom. The first kappa shape index (κ1) is 31.6. The topological polar surface area (TPSA) is 26.0 Å². The fraction of sp³-hybridized carbons (Fsp3) is 0.0179. The molecule has 58 heavy (non-hydrogen) atoms. The summed E-state index contributed by atoms with van der Waals surface area (Å²) < 4.78 is 6.83. The summed E-state index contributed by atoms with van der Waals surface area (Å²) in [6.45, 7) is 0. The molecule has 2 heterocycles. The van der Waals surface area contributed by atoms with E-state index in [-0.39, 0.29) is 5.41 Å². The second kappa shape index (κ2) is 11.7. The van der Waals surface area contributed by atoms with Crippen LogP contribution >= 0.6 is 0 Å². The van der Waals surface area contributed by atoms with Crippen LogP contribution in [0.2, 0.25) is 0 Å². The summed E-state index contributed by atoms with van der Waals surface area (Å²) in [7, 11) is 0. The van der Waals surface area contributed by atoms with Crippen molar-refractivity contribution in [1.29, 1.82) is 0 Å². The van der Waals surface area contributed by atoms with Crippen molar-refractivity contribution in [2.75, 3.05) is 0 Å². The molecule has 2 aliphatic carbocycles. The van der Waals surface area contributed by atoms with Crippen LogP contribution in [0.5, 0.6) is 0 Å². The molecule has 2 nitrogen and oxygen atoms in total. The molecule has 2 aliphatic rings. The summed E-state index contributed by atoms with van der Waals surface area (Å²) >= 11 is 0. The van der Waals surface area contributed by atoms with E-state index in [4.69, 9.17) is 9.40 Å². The Labute approximate surface area is 335 Å². The highest BCUT2D eigenvalue weighted by Crippen LogP contribution is 2.63. The third-order valence-electron chi connectivity index (χ3n) is 12.9. The summed E-state index contributed by atoms with van der Waals surface area (Å²) in [6, 6.07) is 73.1. The zero-order valence-electron chi connectivity index (χ0n) is 31.4. The van der Waals surface area contributed by atoms with E-state index < -0.39 is 0 Å². The standard InChI is InChI=1S/C56H33NO/c1-2-14-34(15-3-1)54-45-30-29-43-46-32-35(27-31-52(46)58-55(43)53(45)44-21-9-13-25-51(44)57-54)37-16-4-5-17-38(37)36-26-28-42-41-20-8-12-24-49(41)56(50(42)33-36)47-22-10-6-18-39(47)40-19-7-11-23-48(40)56/h1-33H. The van der Waals surface area contributed by atoms with Gasteiger partial charge in [-0.3, -0.25) is 0 Å². The molecule has 2 heteroatoms. The van der Waals surface area contributed by atoms with Gasteiger partial charge in [-0.05, 0) is 97.1 Å². The molecule has 0 saturated carbocycles. The van der Waals surface area contributed by atoms with Gasteiger partial charge in [0.15, 0.2) is 0 Å². The van der Waals surface area contributed by atoms with Crippen LogP contribution < -0.4 is 0 Å². The quantitative estimate of drug-likeness (QED) is 0.169. The van der Waals surface area contributed by atoms with Gasteiger partial charge in [-0.2, -0.15) is 0 Å². The molecular weight excluding hydrogens is 703 g/mol. The van der Waals surface area contributed by atoms with Crippen LogP contribution in [0.3, 0.4) is 0 Å². The fourth-order valence-electron chi connectivity index (χ4n) is 10.5. The van der Waals surface area contributed by atoms with Gasteiger partial charge in [-0.1, -0.05) is 170 Å². The maximum Gasteiger partial charge on any atom is 0.144 e. The number of hydrogen-bond donors (Lipinski definition) is 0. The van der Waals surface area contributed by atoms with Crippen molar-refractivity contribution in [3.63, 3.8) is 0 Å². The van der Waals surface area contributed by atoms with Crippen molar-refractivity contribution >= 4 is 43.6 Å². The molecule has 2 aromatic heterocycles. The number of benzene rings is 9. The normalized spacial score (nSPS) is 13.3. The molecule has 0 N–H and O–H groups in total. The maximum absolute atomic E-state index is 6.83. The lowest BCUT2D eigenvalue weighted by atomic mass is 9.70. The Bertz CT molecular complexity index is 3450. The lowest BCUT2D eigenvalue weighted by Gasteiger charge is -2.30. The number of rotatable bonds is 3. The summed E-state index contributed by atoms with van der Waals surface area (Å²) in [5.41, 5.74) is 19.8. The Balaban J connectivity index is 1.01. The number of pyridine rings is 1. The Morgan fingerprint density at radius 3 is 1.57 bits per heavy atom. The summed E-state index contributed by atoms with van der Waals surface area (Å²) in [5.74, 6) is 0. The molecule has 0 amide bonds. The maximum atomic E-state index is 6.83. The molecule has 0 atom stereocenters. The van der Waals surface area contributed by atoms with Gasteiger partial charge in [0.05, 0.1) is 16.6 Å². The molecule has 0 radical (unpaired) electrons. The average Bonchev–Trinajstić information content (AvgIpc) is 3.92. The third kappa shape index (κ3) is 4.13. The number of fused-ring (bicyclic) bond motifs is 17. The van der Waals surface area contributed by atoms with Crippen LogP contribution in [0.4, 0.5) is 0 Å². The smallest absolute Gasteiger partial charge is 0.144 e. The average molecular weight is 736 g/mol. The molecule has 1 spiro atoms. The number of aromatic nitrogens is 1. The zero-order chi connectivity index (χ0) is 38.0. The van der Waals surface area contributed by atoms with Crippen molar-refractivity contribution in [3.05, 3.63) is 222 Å². The lowest BCUT2D eigenvalue weighted by Crippen LogP contribution is -2.25. The minimum atomic E-state index is -0.387. The molecule has 13 rings (SSSR count). The van der Waals surface area contributed by atoms with Crippen molar-refractivity contribution in [3.8, 4) is 55.8 Å². The number of nitrogens with zero attached hydrogens (tertiary/aromatic N) is 1. The van der Waals surface area contributed by atoms with E-state index in [2.05, 4.69) is 194 Å². The van der Waals surface area contributed by atoms with Gasteiger partial charge in [-0.25, -0.2) is 4.98 Å². The highest BCUT2D eigenvalue weighted by Gasteiger charge is 2.51. The largest absolute Gasteiger partial charge is 0.455 e. The number of furan rings is 1. The monoisotopic (exact) mass is 735 g/mol. The molecule has 11 aromatic rings. The van der Waals surface area contributed by atoms with Crippen molar-refractivity contribution in [2.45, 2.75) is 5.41 Å². The summed E-state index contributed by atoms with van der Waals surface area (Å²) in [5, 5.41) is 5.49. The van der Waals surface area contributed by atoms with Crippen LogP contribution in [-0.2, 0) is 5.41 Å². The Hall–Kier alpha value is -7.55. The van der Waals surface area contributed by atoms with E-state index in [1.165, 1.54) is 61.2 Å². The molecule has 0 fully saturated rings. The van der Waals surface area contributed by atoms with E-state index in [9.17, 15) is 0 Å². The molecule has 0 unspecified atom stereocenters. The van der Waals surface area contributed by atoms with Gasteiger partial charge >= 0.3 is 0 Å². The first-order valence-corrected chi connectivity index (χ1v) is 20.0. The van der Waals surface area contributed by atoms with Gasteiger partial charge < -0.3 is 4.42 Å². The van der Waals surface area contributed by atoms with Crippen LogP contribution in [0, 0.1) is 0 Å². The zero-order valence-corrected chi connectivity index (χ0v) is 31.4.